The molecule has 35 heavy (non-hydrogen) atoms. The molecule has 0 fully saturated rings. The first-order chi connectivity index (χ1) is 17.1. The molecule has 3 aromatic heterocycles. The van der Waals surface area contributed by atoms with Crippen LogP contribution in [0.2, 0.25) is 0 Å². The number of aromatic nitrogens is 2. The van der Waals surface area contributed by atoms with Crippen LogP contribution in [0.3, 0.4) is 0 Å². The van der Waals surface area contributed by atoms with Crippen LogP contribution < -0.4 is 16.2 Å². The van der Waals surface area contributed by atoms with E-state index in [9.17, 15) is 14.4 Å². The van der Waals surface area contributed by atoms with Crippen LogP contribution >= 0.6 is 23.1 Å². The predicted octanol–water partition coefficient (Wildman–Crippen LogP) is 3.60. The van der Waals surface area contributed by atoms with E-state index in [-0.39, 0.29) is 23.1 Å². The van der Waals surface area contributed by atoms with Crippen LogP contribution in [-0.2, 0) is 29.1 Å². The fourth-order valence-electron chi connectivity index (χ4n) is 3.49. The van der Waals surface area contributed by atoms with Gasteiger partial charge in [0.2, 0.25) is 11.8 Å². The van der Waals surface area contributed by atoms with Crippen LogP contribution in [0.5, 0.6) is 0 Å². The Morgan fingerprint density at radius 3 is 2.71 bits per heavy atom. The molecule has 182 valence electrons. The van der Waals surface area contributed by atoms with Gasteiger partial charge in [0.05, 0.1) is 24.1 Å². The number of thioether (sulfide) groups is 1. The number of nitrogens with zero attached hydrogens (tertiary/aromatic N) is 2. The Bertz CT molecular complexity index is 1320. The van der Waals surface area contributed by atoms with E-state index in [4.69, 9.17) is 4.42 Å². The summed E-state index contributed by atoms with van der Waals surface area (Å²) < 4.78 is 7.36. The van der Waals surface area contributed by atoms with Crippen molar-refractivity contribution in [3.63, 3.8) is 0 Å². The highest BCUT2D eigenvalue weighted by molar-refractivity contribution is 7.99. The molecular formula is C25H26N4O4S2. The first-order valence-electron chi connectivity index (χ1n) is 11.3. The first kappa shape index (κ1) is 24.7. The van der Waals surface area contributed by atoms with Crippen LogP contribution in [0.1, 0.15) is 24.2 Å². The van der Waals surface area contributed by atoms with Gasteiger partial charge in [-0.2, -0.15) is 0 Å². The maximum absolute atomic E-state index is 13.0. The number of amides is 2. The van der Waals surface area contributed by atoms with Gasteiger partial charge in [0.25, 0.3) is 5.56 Å². The van der Waals surface area contributed by atoms with Gasteiger partial charge in [-0.05, 0) is 42.0 Å². The smallest absolute Gasteiger partial charge is 0.272 e. The van der Waals surface area contributed by atoms with Gasteiger partial charge in [-0.1, -0.05) is 42.1 Å². The normalized spacial score (nSPS) is 11.0. The fraction of sp³-hybridized carbons (Fsp3) is 0.280. The van der Waals surface area contributed by atoms with E-state index in [1.54, 1.807) is 29.0 Å². The van der Waals surface area contributed by atoms with Gasteiger partial charge in [0.1, 0.15) is 10.5 Å². The van der Waals surface area contributed by atoms with Crippen molar-refractivity contribution in [2.75, 3.05) is 12.3 Å². The second-order valence-corrected chi connectivity index (χ2v) is 9.68. The third kappa shape index (κ3) is 7.06. The maximum Gasteiger partial charge on any atom is 0.272 e. The Labute approximate surface area is 210 Å². The number of nitrogens with one attached hydrogen (secondary N) is 2. The molecule has 3 heterocycles. The predicted molar refractivity (Wildman–Crippen MR) is 138 cm³/mol. The summed E-state index contributed by atoms with van der Waals surface area (Å²) in [5.74, 6) is 0.545. The quantitative estimate of drug-likeness (QED) is 0.223. The van der Waals surface area contributed by atoms with Crippen LogP contribution in [0, 0.1) is 0 Å². The molecule has 0 spiro atoms. The zero-order valence-corrected chi connectivity index (χ0v) is 20.7. The highest BCUT2D eigenvalue weighted by atomic mass is 32.2. The molecule has 4 aromatic rings. The summed E-state index contributed by atoms with van der Waals surface area (Å²) >= 11 is 2.55. The third-order valence-corrected chi connectivity index (χ3v) is 7.14. The lowest BCUT2D eigenvalue weighted by molar-refractivity contribution is -0.121. The van der Waals surface area contributed by atoms with Gasteiger partial charge in [-0.3, -0.25) is 19.0 Å². The molecule has 1 aromatic carbocycles. The van der Waals surface area contributed by atoms with E-state index < -0.39 is 0 Å². The van der Waals surface area contributed by atoms with E-state index in [2.05, 4.69) is 15.6 Å². The van der Waals surface area contributed by atoms with Crippen molar-refractivity contribution in [3.8, 4) is 0 Å². The lowest BCUT2D eigenvalue weighted by Crippen LogP contribution is -2.28. The summed E-state index contributed by atoms with van der Waals surface area (Å²) in [6.45, 7) is 1.22. The maximum atomic E-state index is 13.0. The van der Waals surface area contributed by atoms with Gasteiger partial charge in [-0.15, -0.1) is 11.3 Å². The molecule has 0 aliphatic heterocycles. The van der Waals surface area contributed by atoms with Gasteiger partial charge in [0.15, 0.2) is 5.16 Å². The number of rotatable bonds is 12. The van der Waals surface area contributed by atoms with E-state index >= 15 is 0 Å². The molecule has 0 unspecified atom stereocenters. The van der Waals surface area contributed by atoms with Crippen molar-refractivity contribution >= 4 is 45.1 Å². The number of thiophene rings is 1. The Hall–Kier alpha value is -3.37. The van der Waals surface area contributed by atoms with Gasteiger partial charge >= 0.3 is 0 Å². The molecular weight excluding hydrogens is 484 g/mol. The summed E-state index contributed by atoms with van der Waals surface area (Å²) in [6, 6.07) is 15.3. The van der Waals surface area contributed by atoms with Crippen molar-refractivity contribution in [1.29, 1.82) is 0 Å². The minimum Gasteiger partial charge on any atom is -0.467 e. The Kier molecular flexibility index (Phi) is 8.74. The third-order valence-electron chi connectivity index (χ3n) is 5.27. The number of furan rings is 1. The first-order valence-corrected chi connectivity index (χ1v) is 13.2. The molecule has 0 bridgehead atoms. The van der Waals surface area contributed by atoms with Gasteiger partial charge in [-0.25, -0.2) is 4.98 Å². The van der Waals surface area contributed by atoms with Crippen LogP contribution in [0.4, 0.5) is 0 Å². The Balaban J connectivity index is 1.31. The highest BCUT2D eigenvalue weighted by Crippen LogP contribution is 2.21. The van der Waals surface area contributed by atoms with Crippen molar-refractivity contribution in [2.24, 2.45) is 0 Å². The van der Waals surface area contributed by atoms with E-state index in [0.717, 1.165) is 6.42 Å². The summed E-state index contributed by atoms with van der Waals surface area (Å²) in [5.41, 5.74) is 1.64. The number of carbonyl (C=O) groups is 2. The molecule has 0 atom stereocenters. The molecule has 0 aliphatic rings. The number of fused-ring (bicyclic) bond motifs is 1. The number of hydrogen-bond acceptors (Lipinski definition) is 7. The summed E-state index contributed by atoms with van der Waals surface area (Å²) in [5, 5.41) is 8.02. The standard InChI is InChI=1S/C25H26N4O4S2/c30-21(26-12-10-18-6-2-1-3-7-18)9-4-13-29-24(32)23-20(11-15-34-23)28-25(29)35-17-22(31)27-16-19-8-5-14-33-19/h1-3,5-8,11,14-15H,4,9-10,12-13,16-17H2,(H,26,30)(H,27,31). The van der Waals surface area contributed by atoms with Crippen molar-refractivity contribution in [2.45, 2.75) is 37.5 Å². The summed E-state index contributed by atoms with van der Waals surface area (Å²) in [7, 11) is 0. The van der Waals surface area contributed by atoms with E-state index in [0.29, 0.717) is 53.6 Å². The van der Waals surface area contributed by atoms with E-state index in [1.807, 2.05) is 35.7 Å². The average molecular weight is 511 g/mol. The molecule has 0 aliphatic carbocycles. The lowest BCUT2D eigenvalue weighted by Gasteiger charge is -2.12. The van der Waals surface area contributed by atoms with Crippen molar-refractivity contribution in [1.82, 2.24) is 20.2 Å². The van der Waals surface area contributed by atoms with Gasteiger partial charge in [0, 0.05) is 19.5 Å². The zero-order valence-electron chi connectivity index (χ0n) is 19.1. The largest absolute Gasteiger partial charge is 0.467 e. The van der Waals surface area contributed by atoms with Crippen LogP contribution in [0.15, 0.2) is 74.5 Å². The monoisotopic (exact) mass is 510 g/mol. The molecule has 0 saturated heterocycles. The summed E-state index contributed by atoms with van der Waals surface area (Å²) in [6.07, 6.45) is 3.12. The highest BCUT2D eigenvalue weighted by Gasteiger charge is 2.15. The lowest BCUT2D eigenvalue weighted by atomic mass is 10.1. The van der Waals surface area contributed by atoms with E-state index in [1.165, 1.54) is 28.7 Å². The fourth-order valence-corrected chi connectivity index (χ4v) is 5.12. The zero-order chi connectivity index (χ0) is 24.5. The Morgan fingerprint density at radius 1 is 1.06 bits per heavy atom. The minimum absolute atomic E-state index is 0.0503. The molecule has 0 radical (unpaired) electrons. The molecule has 4 rings (SSSR count). The molecule has 0 saturated carbocycles. The van der Waals surface area contributed by atoms with Crippen LogP contribution in [0.25, 0.3) is 10.2 Å². The topological polar surface area (TPSA) is 106 Å². The number of carbonyl (C=O) groups excluding carboxylic acids is 2. The van der Waals surface area contributed by atoms with Crippen LogP contribution in [-0.4, -0.2) is 33.7 Å². The van der Waals surface area contributed by atoms with Crippen molar-refractivity contribution in [3.05, 3.63) is 81.9 Å². The second kappa shape index (κ2) is 12.4. The van der Waals surface area contributed by atoms with Gasteiger partial charge < -0.3 is 15.1 Å². The average Bonchev–Trinajstić information content (AvgIpc) is 3.56. The second-order valence-electron chi connectivity index (χ2n) is 7.82. The molecule has 2 amide bonds. The minimum atomic E-state index is -0.185. The van der Waals surface area contributed by atoms with Crippen molar-refractivity contribution < 1.29 is 14.0 Å². The molecule has 2 N–H and O–H groups in total. The number of hydrogen-bond donors (Lipinski definition) is 2. The molecule has 10 heteroatoms. The Morgan fingerprint density at radius 2 is 1.91 bits per heavy atom. The molecule has 8 nitrogen and oxygen atoms in total. The summed E-state index contributed by atoms with van der Waals surface area (Å²) in [4.78, 5) is 42.2. The SMILES string of the molecule is O=C(CCCn1c(SCC(=O)NCc2ccco2)nc2ccsc2c1=O)NCCc1ccccc1. The number of benzene rings is 1.